The molecular formula is C10H9NOS2. The largest absolute Gasteiger partial charge is 0.297 e. The van der Waals surface area contributed by atoms with Crippen molar-refractivity contribution in [2.45, 2.75) is 13.8 Å². The molecule has 0 saturated heterocycles. The molecule has 0 atom stereocenters. The second-order valence-corrected chi connectivity index (χ2v) is 5.54. The van der Waals surface area contributed by atoms with E-state index in [4.69, 9.17) is 0 Å². The van der Waals surface area contributed by atoms with E-state index < -0.39 is 0 Å². The van der Waals surface area contributed by atoms with E-state index in [2.05, 4.69) is 24.9 Å². The Morgan fingerprint density at radius 1 is 1.36 bits per heavy atom. The lowest BCUT2D eigenvalue weighted by atomic mass is 10.2. The van der Waals surface area contributed by atoms with E-state index >= 15 is 0 Å². The quantitative estimate of drug-likeness (QED) is 0.731. The molecule has 0 bridgehead atoms. The highest BCUT2D eigenvalue weighted by Crippen LogP contribution is 2.32. The van der Waals surface area contributed by atoms with Crippen LogP contribution in [0.25, 0.3) is 10.6 Å². The summed E-state index contributed by atoms with van der Waals surface area (Å²) < 4.78 is 0. The number of hydrogen-bond donors (Lipinski definition) is 0. The van der Waals surface area contributed by atoms with Gasteiger partial charge in [0.05, 0.1) is 4.88 Å². The van der Waals surface area contributed by atoms with Gasteiger partial charge in [-0.05, 0) is 19.9 Å². The molecule has 0 fully saturated rings. The number of aldehydes is 1. The molecule has 2 nitrogen and oxygen atoms in total. The molecule has 0 saturated carbocycles. The summed E-state index contributed by atoms with van der Waals surface area (Å²) in [6, 6.07) is 2.12. The summed E-state index contributed by atoms with van der Waals surface area (Å²) >= 11 is 3.20. The second kappa shape index (κ2) is 3.63. The third-order valence-electron chi connectivity index (χ3n) is 1.91. The summed E-state index contributed by atoms with van der Waals surface area (Å²) in [6.45, 7) is 4.16. The minimum absolute atomic E-state index is 0.684. The van der Waals surface area contributed by atoms with Gasteiger partial charge in [0.1, 0.15) is 5.01 Å². The molecule has 2 aromatic rings. The molecule has 0 aromatic carbocycles. The highest BCUT2D eigenvalue weighted by Gasteiger charge is 2.09. The number of hydrogen-bond acceptors (Lipinski definition) is 4. The van der Waals surface area contributed by atoms with Crippen LogP contribution in [-0.4, -0.2) is 11.3 Å². The fraction of sp³-hybridized carbons (Fsp3) is 0.200. The predicted molar refractivity (Wildman–Crippen MR) is 60.3 cm³/mol. The van der Waals surface area contributed by atoms with Crippen LogP contribution in [0.5, 0.6) is 0 Å². The van der Waals surface area contributed by atoms with Crippen LogP contribution in [0.3, 0.4) is 0 Å². The lowest BCUT2D eigenvalue weighted by Crippen LogP contribution is -1.71. The van der Waals surface area contributed by atoms with Crippen molar-refractivity contribution >= 4 is 29.0 Å². The molecular weight excluding hydrogens is 214 g/mol. The zero-order chi connectivity index (χ0) is 10.1. The van der Waals surface area contributed by atoms with Gasteiger partial charge in [0.15, 0.2) is 6.29 Å². The first-order chi connectivity index (χ1) is 6.70. The Bertz CT molecular complexity index is 470. The molecule has 0 N–H and O–H groups in total. The number of aromatic nitrogens is 1. The number of carbonyl (C=O) groups excluding carboxylic acids is 1. The molecule has 2 heterocycles. The van der Waals surface area contributed by atoms with Gasteiger partial charge in [-0.25, -0.2) is 4.98 Å². The maximum Gasteiger partial charge on any atom is 0.161 e. The molecule has 0 aliphatic heterocycles. The normalized spacial score (nSPS) is 10.4. The van der Waals surface area contributed by atoms with Crippen LogP contribution in [0, 0.1) is 13.8 Å². The number of thiophene rings is 1. The molecule has 0 aliphatic rings. The van der Waals surface area contributed by atoms with Gasteiger partial charge in [-0.3, -0.25) is 4.79 Å². The molecule has 0 radical (unpaired) electrons. The molecule has 0 aliphatic carbocycles. The fourth-order valence-electron chi connectivity index (χ4n) is 1.31. The Morgan fingerprint density at radius 2 is 2.14 bits per heavy atom. The van der Waals surface area contributed by atoms with Crippen molar-refractivity contribution in [1.82, 2.24) is 4.98 Å². The summed E-state index contributed by atoms with van der Waals surface area (Å²) in [7, 11) is 0. The average molecular weight is 223 g/mol. The van der Waals surface area contributed by atoms with Crippen LogP contribution in [0.4, 0.5) is 0 Å². The van der Waals surface area contributed by atoms with Gasteiger partial charge in [0.25, 0.3) is 0 Å². The van der Waals surface area contributed by atoms with Gasteiger partial charge >= 0.3 is 0 Å². The van der Waals surface area contributed by atoms with Gasteiger partial charge in [-0.1, -0.05) is 0 Å². The molecule has 72 valence electrons. The van der Waals surface area contributed by atoms with Crippen LogP contribution in [0.2, 0.25) is 0 Å². The van der Waals surface area contributed by atoms with Crippen molar-refractivity contribution in [3.05, 3.63) is 26.9 Å². The predicted octanol–water partition coefficient (Wildman–Crippen LogP) is 3.30. The van der Waals surface area contributed by atoms with Gasteiger partial charge in [-0.2, -0.15) is 0 Å². The topological polar surface area (TPSA) is 30.0 Å². The summed E-state index contributed by atoms with van der Waals surface area (Å²) in [4.78, 5) is 18.0. The third-order valence-corrected chi connectivity index (χ3v) is 3.83. The van der Waals surface area contributed by atoms with Crippen LogP contribution in [0.15, 0.2) is 12.3 Å². The van der Waals surface area contributed by atoms with Crippen molar-refractivity contribution in [3.63, 3.8) is 0 Å². The van der Waals surface area contributed by atoms with Crippen molar-refractivity contribution < 1.29 is 4.79 Å². The lowest BCUT2D eigenvalue weighted by molar-refractivity contribution is 0.112. The van der Waals surface area contributed by atoms with E-state index in [0.29, 0.717) is 4.88 Å². The van der Waals surface area contributed by atoms with Gasteiger partial charge in [0.2, 0.25) is 0 Å². The van der Waals surface area contributed by atoms with E-state index in [0.717, 1.165) is 16.9 Å². The van der Waals surface area contributed by atoms with Crippen molar-refractivity contribution in [3.8, 4) is 10.6 Å². The summed E-state index contributed by atoms with van der Waals surface area (Å²) in [5.74, 6) is 0. The van der Waals surface area contributed by atoms with Gasteiger partial charge in [0, 0.05) is 21.5 Å². The average Bonchev–Trinajstić information content (AvgIpc) is 2.71. The number of nitrogens with zero attached hydrogens (tertiary/aromatic N) is 1. The van der Waals surface area contributed by atoms with Gasteiger partial charge in [-0.15, -0.1) is 22.7 Å². The van der Waals surface area contributed by atoms with Crippen molar-refractivity contribution in [1.29, 1.82) is 0 Å². The third kappa shape index (κ3) is 1.63. The molecule has 0 amide bonds. The lowest BCUT2D eigenvalue weighted by Gasteiger charge is -1.90. The summed E-state index contributed by atoms with van der Waals surface area (Å²) in [5, 5.41) is 0.939. The van der Waals surface area contributed by atoms with Crippen LogP contribution < -0.4 is 0 Å². The Hall–Kier alpha value is -1.000. The summed E-state index contributed by atoms with van der Waals surface area (Å²) in [5.41, 5.74) is 1.16. The van der Waals surface area contributed by atoms with E-state index in [1.807, 2.05) is 0 Å². The van der Waals surface area contributed by atoms with E-state index in [-0.39, 0.29) is 0 Å². The number of rotatable bonds is 2. The highest BCUT2D eigenvalue weighted by atomic mass is 32.1. The zero-order valence-electron chi connectivity index (χ0n) is 7.90. The molecule has 2 rings (SSSR count). The van der Waals surface area contributed by atoms with Crippen molar-refractivity contribution in [2.75, 3.05) is 0 Å². The van der Waals surface area contributed by atoms with Crippen LogP contribution in [-0.2, 0) is 0 Å². The monoisotopic (exact) mass is 223 g/mol. The highest BCUT2D eigenvalue weighted by molar-refractivity contribution is 7.17. The molecule has 2 aromatic heterocycles. The van der Waals surface area contributed by atoms with Crippen LogP contribution >= 0.6 is 22.7 Å². The van der Waals surface area contributed by atoms with Gasteiger partial charge < -0.3 is 0 Å². The second-order valence-electron chi connectivity index (χ2n) is 3.01. The van der Waals surface area contributed by atoms with Crippen LogP contribution in [0.1, 0.15) is 19.4 Å². The minimum atomic E-state index is 0.684. The first kappa shape index (κ1) is 9.55. The Morgan fingerprint density at radius 3 is 2.64 bits per heavy atom. The number of thiazole rings is 1. The maximum atomic E-state index is 10.5. The molecule has 0 unspecified atom stereocenters. The smallest absolute Gasteiger partial charge is 0.161 e. The SMILES string of the molecule is Cc1cc(-c2ncc(C=O)s2)c(C)s1. The first-order valence-corrected chi connectivity index (χ1v) is 5.82. The zero-order valence-corrected chi connectivity index (χ0v) is 9.54. The molecule has 14 heavy (non-hydrogen) atoms. The van der Waals surface area contributed by atoms with E-state index in [1.54, 1.807) is 17.5 Å². The van der Waals surface area contributed by atoms with E-state index in [9.17, 15) is 4.79 Å². The Balaban J connectivity index is 2.48. The Kier molecular flexibility index (Phi) is 2.48. The minimum Gasteiger partial charge on any atom is -0.297 e. The standard InChI is InChI=1S/C10H9NOS2/c1-6-3-9(7(2)13-6)10-11-4-8(5-12)14-10/h3-5H,1-2H3. The van der Waals surface area contributed by atoms with Crippen molar-refractivity contribution in [2.24, 2.45) is 0 Å². The number of carbonyl (C=O) groups is 1. The maximum absolute atomic E-state index is 10.5. The fourth-order valence-corrected chi connectivity index (χ4v) is 3.10. The summed E-state index contributed by atoms with van der Waals surface area (Å²) in [6.07, 6.45) is 2.47. The Labute approximate surface area is 90.2 Å². The number of aryl methyl sites for hydroxylation is 2. The first-order valence-electron chi connectivity index (χ1n) is 4.19. The molecule has 0 spiro atoms. The van der Waals surface area contributed by atoms with E-state index in [1.165, 1.54) is 21.1 Å². The molecule has 4 heteroatoms.